The molecular formula is C13H13BrN4. The Hall–Kier alpha value is -1.75. The molecule has 4 nitrogen and oxygen atoms in total. The summed E-state index contributed by atoms with van der Waals surface area (Å²) in [5, 5.41) is 5.37. The van der Waals surface area contributed by atoms with Gasteiger partial charge in [0.1, 0.15) is 5.82 Å². The molecule has 2 N–H and O–H groups in total. The molecule has 18 heavy (non-hydrogen) atoms. The topological polar surface area (TPSA) is 48.8 Å². The number of nitrogens with two attached hydrogens (primary N) is 1. The highest BCUT2D eigenvalue weighted by Crippen LogP contribution is 2.36. The Morgan fingerprint density at radius 3 is 2.67 bits per heavy atom. The summed E-state index contributed by atoms with van der Waals surface area (Å²) in [7, 11) is 3.88. The summed E-state index contributed by atoms with van der Waals surface area (Å²) in [6.45, 7) is 0. The van der Waals surface area contributed by atoms with Gasteiger partial charge in [0.2, 0.25) is 0 Å². The van der Waals surface area contributed by atoms with Gasteiger partial charge in [-0.1, -0.05) is 12.1 Å². The van der Waals surface area contributed by atoms with E-state index in [1.165, 1.54) is 10.9 Å². The van der Waals surface area contributed by atoms with E-state index < -0.39 is 0 Å². The number of aryl methyl sites for hydroxylation is 2. The van der Waals surface area contributed by atoms with Gasteiger partial charge in [-0.05, 0) is 27.6 Å². The van der Waals surface area contributed by atoms with E-state index in [2.05, 4.69) is 43.9 Å². The Bertz CT molecular complexity index is 739. The van der Waals surface area contributed by atoms with Crippen molar-refractivity contribution in [2.75, 3.05) is 5.73 Å². The van der Waals surface area contributed by atoms with Crippen LogP contribution in [0.15, 0.2) is 35.1 Å². The van der Waals surface area contributed by atoms with Crippen molar-refractivity contribution in [3.63, 3.8) is 0 Å². The van der Waals surface area contributed by atoms with Crippen molar-refractivity contribution in [1.29, 1.82) is 0 Å². The van der Waals surface area contributed by atoms with Crippen LogP contribution in [0.2, 0.25) is 0 Å². The van der Waals surface area contributed by atoms with Gasteiger partial charge in [-0.15, -0.1) is 0 Å². The molecule has 0 bridgehead atoms. The quantitative estimate of drug-likeness (QED) is 0.751. The van der Waals surface area contributed by atoms with E-state index >= 15 is 0 Å². The van der Waals surface area contributed by atoms with Crippen LogP contribution in [0.3, 0.4) is 0 Å². The number of nitrogen functional groups attached to an aromatic ring is 1. The van der Waals surface area contributed by atoms with Gasteiger partial charge < -0.3 is 10.3 Å². The van der Waals surface area contributed by atoms with E-state index in [0.29, 0.717) is 5.82 Å². The molecule has 0 amide bonds. The monoisotopic (exact) mass is 304 g/mol. The average molecular weight is 305 g/mol. The van der Waals surface area contributed by atoms with Crippen LogP contribution in [0.1, 0.15) is 0 Å². The van der Waals surface area contributed by atoms with Gasteiger partial charge in [0, 0.05) is 41.2 Å². The van der Waals surface area contributed by atoms with E-state index in [0.717, 1.165) is 15.6 Å². The SMILES string of the molecule is Cn1ncc(-c2cccc3c2c(Br)cn3C)c1N. The minimum atomic E-state index is 0.679. The van der Waals surface area contributed by atoms with Crippen molar-refractivity contribution in [3.8, 4) is 11.1 Å². The minimum Gasteiger partial charge on any atom is -0.383 e. The highest BCUT2D eigenvalue weighted by molar-refractivity contribution is 9.10. The largest absolute Gasteiger partial charge is 0.383 e. The van der Waals surface area contributed by atoms with Gasteiger partial charge in [0.05, 0.1) is 6.20 Å². The first kappa shape index (κ1) is 11.3. The van der Waals surface area contributed by atoms with Crippen molar-refractivity contribution in [2.24, 2.45) is 14.1 Å². The van der Waals surface area contributed by atoms with E-state index in [-0.39, 0.29) is 0 Å². The molecule has 3 aromatic rings. The number of nitrogens with zero attached hydrogens (tertiary/aromatic N) is 3. The lowest BCUT2D eigenvalue weighted by atomic mass is 10.0. The zero-order valence-electron chi connectivity index (χ0n) is 10.2. The number of fused-ring (bicyclic) bond motifs is 1. The molecular weight excluding hydrogens is 292 g/mol. The first-order chi connectivity index (χ1) is 8.59. The van der Waals surface area contributed by atoms with Gasteiger partial charge in [-0.3, -0.25) is 4.68 Å². The fraction of sp³-hybridized carbons (Fsp3) is 0.154. The van der Waals surface area contributed by atoms with E-state index in [1.54, 1.807) is 4.68 Å². The van der Waals surface area contributed by atoms with Gasteiger partial charge in [-0.2, -0.15) is 5.10 Å². The third kappa shape index (κ3) is 1.47. The first-order valence-electron chi connectivity index (χ1n) is 5.61. The lowest BCUT2D eigenvalue weighted by molar-refractivity contribution is 0.779. The number of anilines is 1. The van der Waals surface area contributed by atoms with E-state index in [9.17, 15) is 0 Å². The van der Waals surface area contributed by atoms with Crippen LogP contribution >= 0.6 is 15.9 Å². The van der Waals surface area contributed by atoms with Crippen LogP contribution in [0, 0.1) is 0 Å². The standard InChI is InChI=1S/C13H13BrN4/c1-17-7-10(14)12-8(4-3-5-11(12)17)9-6-16-18(2)13(9)15/h3-7H,15H2,1-2H3. The Labute approximate surface area is 113 Å². The smallest absolute Gasteiger partial charge is 0.129 e. The molecule has 1 aromatic carbocycles. The molecule has 0 aliphatic heterocycles. The van der Waals surface area contributed by atoms with E-state index in [4.69, 9.17) is 5.73 Å². The van der Waals surface area contributed by atoms with Crippen molar-refractivity contribution < 1.29 is 0 Å². The van der Waals surface area contributed by atoms with E-state index in [1.807, 2.05) is 26.4 Å². The molecule has 3 rings (SSSR count). The summed E-state index contributed by atoms with van der Waals surface area (Å²) in [6.07, 6.45) is 3.87. The second-order valence-corrected chi connectivity index (χ2v) is 5.21. The number of halogens is 1. The maximum Gasteiger partial charge on any atom is 0.129 e. The molecule has 0 radical (unpaired) electrons. The lowest BCUT2D eigenvalue weighted by Crippen LogP contribution is -1.98. The summed E-state index contributed by atoms with van der Waals surface area (Å²) in [6, 6.07) is 6.20. The molecule has 2 heterocycles. The predicted molar refractivity (Wildman–Crippen MR) is 77.2 cm³/mol. The minimum absolute atomic E-state index is 0.679. The molecule has 0 fully saturated rings. The third-order valence-corrected chi connectivity index (χ3v) is 3.84. The normalized spacial score (nSPS) is 11.3. The Morgan fingerprint density at radius 2 is 2.00 bits per heavy atom. The second-order valence-electron chi connectivity index (χ2n) is 4.35. The fourth-order valence-electron chi connectivity index (χ4n) is 2.27. The maximum absolute atomic E-state index is 6.06. The van der Waals surface area contributed by atoms with Crippen LogP contribution in [0.4, 0.5) is 5.82 Å². The predicted octanol–water partition coefficient (Wildman–Crippen LogP) is 2.92. The molecule has 0 spiro atoms. The van der Waals surface area contributed by atoms with Crippen molar-refractivity contribution in [1.82, 2.24) is 14.3 Å². The van der Waals surface area contributed by atoms with Crippen LogP contribution < -0.4 is 5.73 Å². The molecule has 92 valence electrons. The number of hydrogen-bond acceptors (Lipinski definition) is 2. The third-order valence-electron chi connectivity index (χ3n) is 3.24. The summed E-state index contributed by atoms with van der Waals surface area (Å²) < 4.78 is 4.85. The molecule has 0 saturated carbocycles. The Kier molecular flexibility index (Phi) is 2.45. The number of rotatable bonds is 1. The van der Waals surface area contributed by atoms with Gasteiger partial charge in [0.25, 0.3) is 0 Å². The lowest BCUT2D eigenvalue weighted by Gasteiger charge is -2.04. The van der Waals surface area contributed by atoms with Crippen LogP contribution in [-0.2, 0) is 14.1 Å². The maximum atomic E-state index is 6.06. The first-order valence-corrected chi connectivity index (χ1v) is 6.40. The number of benzene rings is 1. The molecule has 0 unspecified atom stereocenters. The van der Waals surface area contributed by atoms with Crippen molar-refractivity contribution in [2.45, 2.75) is 0 Å². The molecule has 5 heteroatoms. The van der Waals surface area contributed by atoms with Gasteiger partial charge >= 0.3 is 0 Å². The van der Waals surface area contributed by atoms with Crippen molar-refractivity contribution >= 4 is 32.7 Å². The van der Waals surface area contributed by atoms with Crippen molar-refractivity contribution in [3.05, 3.63) is 35.1 Å². The number of hydrogen-bond donors (Lipinski definition) is 1. The summed E-state index contributed by atoms with van der Waals surface area (Å²) in [5.74, 6) is 0.679. The fourth-order valence-corrected chi connectivity index (χ4v) is 2.99. The van der Waals surface area contributed by atoms with Crippen LogP contribution in [0.5, 0.6) is 0 Å². The summed E-state index contributed by atoms with van der Waals surface area (Å²) in [5.41, 5.74) is 9.30. The second kappa shape index (κ2) is 3.88. The molecule has 0 aliphatic carbocycles. The Balaban J connectivity index is 2.39. The number of aromatic nitrogens is 3. The zero-order valence-corrected chi connectivity index (χ0v) is 11.8. The summed E-state index contributed by atoms with van der Waals surface area (Å²) in [4.78, 5) is 0. The molecule has 0 aliphatic rings. The molecule has 2 aromatic heterocycles. The molecule has 0 saturated heterocycles. The highest BCUT2D eigenvalue weighted by Gasteiger charge is 2.14. The summed E-state index contributed by atoms with van der Waals surface area (Å²) >= 11 is 3.61. The van der Waals surface area contributed by atoms with Crippen LogP contribution in [-0.4, -0.2) is 14.3 Å². The van der Waals surface area contributed by atoms with Gasteiger partial charge in [-0.25, -0.2) is 0 Å². The zero-order chi connectivity index (χ0) is 12.9. The van der Waals surface area contributed by atoms with Gasteiger partial charge in [0.15, 0.2) is 0 Å². The Morgan fingerprint density at radius 1 is 1.22 bits per heavy atom. The highest BCUT2D eigenvalue weighted by atomic mass is 79.9. The average Bonchev–Trinajstić information content (AvgIpc) is 2.83. The molecule has 0 atom stereocenters. The van der Waals surface area contributed by atoms with Crippen LogP contribution in [0.25, 0.3) is 22.0 Å².